The molecule has 28 heavy (non-hydrogen) atoms. The van der Waals surface area contributed by atoms with Gasteiger partial charge in [0.25, 0.3) is 0 Å². The van der Waals surface area contributed by atoms with E-state index in [4.69, 9.17) is 4.98 Å². The Hall–Kier alpha value is -2.83. The molecular weight excluding hydrogens is 350 g/mol. The average molecular weight is 375 g/mol. The number of nitrogens with zero attached hydrogens (tertiary/aromatic N) is 6. The summed E-state index contributed by atoms with van der Waals surface area (Å²) in [5.74, 6) is 1.73. The van der Waals surface area contributed by atoms with Crippen LogP contribution in [-0.4, -0.2) is 43.7 Å². The Bertz CT molecular complexity index is 931. The summed E-state index contributed by atoms with van der Waals surface area (Å²) >= 11 is 0. The van der Waals surface area contributed by atoms with Crippen LogP contribution in [0.2, 0.25) is 0 Å². The highest BCUT2D eigenvalue weighted by Crippen LogP contribution is 2.42. The fourth-order valence-electron chi connectivity index (χ4n) is 4.57. The SMILES string of the molecule is c1cc(-c2c3c(nc(N4CCCCC4)c2-c2nnn[nH]2)CCCCC3)ccn1. The lowest BCUT2D eigenvalue weighted by atomic mass is 9.91. The maximum Gasteiger partial charge on any atom is 0.183 e. The highest BCUT2D eigenvalue weighted by atomic mass is 15.5. The zero-order valence-electron chi connectivity index (χ0n) is 16.1. The number of aromatic amines is 1. The Morgan fingerprint density at radius 3 is 2.43 bits per heavy atom. The molecule has 3 aromatic heterocycles. The molecule has 1 N–H and O–H groups in total. The molecule has 0 amide bonds. The lowest BCUT2D eigenvalue weighted by Crippen LogP contribution is -2.31. The fourth-order valence-corrected chi connectivity index (χ4v) is 4.57. The average Bonchev–Trinajstić information content (AvgIpc) is 3.19. The van der Waals surface area contributed by atoms with Crippen molar-refractivity contribution < 1.29 is 0 Å². The summed E-state index contributed by atoms with van der Waals surface area (Å²) in [5, 5.41) is 15.1. The number of H-pyrrole nitrogens is 1. The van der Waals surface area contributed by atoms with Crippen LogP contribution >= 0.6 is 0 Å². The predicted molar refractivity (Wildman–Crippen MR) is 108 cm³/mol. The second-order valence-corrected chi connectivity index (χ2v) is 7.70. The van der Waals surface area contributed by atoms with Crippen molar-refractivity contribution in [3.8, 4) is 22.5 Å². The van der Waals surface area contributed by atoms with E-state index in [0.717, 1.165) is 37.3 Å². The smallest absolute Gasteiger partial charge is 0.183 e. The minimum absolute atomic E-state index is 0.701. The molecule has 7 heteroatoms. The maximum absolute atomic E-state index is 5.23. The molecule has 0 radical (unpaired) electrons. The van der Waals surface area contributed by atoms with Crippen molar-refractivity contribution in [3.63, 3.8) is 0 Å². The van der Waals surface area contributed by atoms with Gasteiger partial charge >= 0.3 is 0 Å². The summed E-state index contributed by atoms with van der Waals surface area (Å²) in [5.41, 5.74) is 6.05. The number of hydrogen-bond acceptors (Lipinski definition) is 6. The number of fused-ring (bicyclic) bond motifs is 1. The molecule has 1 aliphatic heterocycles. The Balaban J connectivity index is 1.80. The van der Waals surface area contributed by atoms with Crippen molar-refractivity contribution in [1.82, 2.24) is 30.6 Å². The summed E-state index contributed by atoms with van der Waals surface area (Å²) in [6.07, 6.45) is 13.2. The second kappa shape index (κ2) is 7.66. The molecule has 0 bridgehead atoms. The van der Waals surface area contributed by atoms with Crippen LogP contribution in [0.5, 0.6) is 0 Å². The molecule has 0 spiro atoms. The van der Waals surface area contributed by atoms with E-state index >= 15 is 0 Å². The number of hydrogen-bond donors (Lipinski definition) is 1. The summed E-state index contributed by atoms with van der Waals surface area (Å²) in [4.78, 5) is 11.9. The van der Waals surface area contributed by atoms with E-state index in [9.17, 15) is 0 Å². The van der Waals surface area contributed by atoms with Crippen molar-refractivity contribution in [2.24, 2.45) is 0 Å². The van der Waals surface area contributed by atoms with Crippen LogP contribution in [0.25, 0.3) is 22.5 Å². The minimum atomic E-state index is 0.701. The molecule has 3 aromatic rings. The third-order valence-corrected chi connectivity index (χ3v) is 5.91. The molecule has 7 nitrogen and oxygen atoms in total. The van der Waals surface area contributed by atoms with Crippen molar-refractivity contribution in [3.05, 3.63) is 35.8 Å². The van der Waals surface area contributed by atoms with Crippen LogP contribution < -0.4 is 4.90 Å². The molecule has 0 aromatic carbocycles. The minimum Gasteiger partial charge on any atom is -0.356 e. The fraction of sp³-hybridized carbons (Fsp3) is 0.476. The van der Waals surface area contributed by atoms with Crippen molar-refractivity contribution >= 4 is 5.82 Å². The zero-order chi connectivity index (χ0) is 18.8. The number of aromatic nitrogens is 6. The number of tetrazole rings is 1. The summed E-state index contributed by atoms with van der Waals surface area (Å²) in [7, 11) is 0. The number of piperidine rings is 1. The first-order valence-corrected chi connectivity index (χ1v) is 10.4. The summed E-state index contributed by atoms with van der Waals surface area (Å²) < 4.78 is 0. The summed E-state index contributed by atoms with van der Waals surface area (Å²) in [6, 6.07) is 4.18. The molecule has 1 saturated heterocycles. The largest absolute Gasteiger partial charge is 0.356 e. The second-order valence-electron chi connectivity index (χ2n) is 7.70. The van der Waals surface area contributed by atoms with Gasteiger partial charge in [-0.3, -0.25) is 4.98 Å². The van der Waals surface area contributed by atoms with Gasteiger partial charge < -0.3 is 4.90 Å². The Morgan fingerprint density at radius 2 is 1.64 bits per heavy atom. The first-order valence-electron chi connectivity index (χ1n) is 10.4. The zero-order valence-corrected chi connectivity index (χ0v) is 16.1. The number of anilines is 1. The quantitative estimate of drug-likeness (QED) is 0.705. The highest BCUT2D eigenvalue weighted by molar-refractivity contribution is 5.90. The molecule has 0 atom stereocenters. The number of nitrogens with one attached hydrogen (secondary N) is 1. The molecule has 0 unspecified atom stereocenters. The van der Waals surface area contributed by atoms with Gasteiger partial charge in [-0.15, -0.1) is 5.10 Å². The molecule has 5 rings (SSSR count). The van der Waals surface area contributed by atoms with Gasteiger partial charge in [0, 0.05) is 36.7 Å². The van der Waals surface area contributed by atoms with Gasteiger partial charge in [-0.1, -0.05) is 6.42 Å². The van der Waals surface area contributed by atoms with E-state index in [1.54, 1.807) is 0 Å². The number of aryl methyl sites for hydroxylation is 1. The van der Waals surface area contributed by atoms with E-state index in [1.807, 2.05) is 12.4 Å². The van der Waals surface area contributed by atoms with Gasteiger partial charge in [-0.2, -0.15) is 0 Å². The van der Waals surface area contributed by atoms with Crippen molar-refractivity contribution in [2.45, 2.75) is 51.4 Å². The van der Waals surface area contributed by atoms with Crippen LogP contribution in [0.4, 0.5) is 5.82 Å². The monoisotopic (exact) mass is 375 g/mol. The van der Waals surface area contributed by atoms with Gasteiger partial charge in [0.15, 0.2) is 5.82 Å². The lowest BCUT2D eigenvalue weighted by molar-refractivity contribution is 0.573. The van der Waals surface area contributed by atoms with E-state index in [2.05, 4.69) is 42.6 Å². The molecule has 4 heterocycles. The van der Waals surface area contributed by atoms with Gasteiger partial charge in [0.2, 0.25) is 0 Å². The lowest BCUT2D eigenvalue weighted by Gasteiger charge is -2.31. The van der Waals surface area contributed by atoms with Gasteiger partial charge in [0.1, 0.15) is 5.82 Å². The molecule has 1 fully saturated rings. The Morgan fingerprint density at radius 1 is 0.857 bits per heavy atom. The van der Waals surface area contributed by atoms with Crippen molar-refractivity contribution in [1.29, 1.82) is 0 Å². The first kappa shape index (κ1) is 17.3. The Kier molecular flexibility index (Phi) is 4.72. The van der Waals surface area contributed by atoms with Crippen LogP contribution in [0, 0.1) is 0 Å². The van der Waals surface area contributed by atoms with E-state index in [-0.39, 0.29) is 0 Å². The topological polar surface area (TPSA) is 83.5 Å². The van der Waals surface area contributed by atoms with Crippen LogP contribution in [0.3, 0.4) is 0 Å². The maximum atomic E-state index is 5.23. The molecule has 0 saturated carbocycles. The van der Waals surface area contributed by atoms with Crippen LogP contribution in [-0.2, 0) is 12.8 Å². The summed E-state index contributed by atoms with van der Waals surface area (Å²) in [6.45, 7) is 2.08. The third-order valence-electron chi connectivity index (χ3n) is 5.91. The van der Waals surface area contributed by atoms with Crippen molar-refractivity contribution in [2.75, 3.05) is 18.0 Å². The van der Waals surface area contributed by atoms with E-state index in [0.29, 0.717) is 5.82 Å². The molecule has 144 valence electrons. The Labute approximate surface area is 164 Å². The molecule has 1 aliphatic carbocycles. The number of pyridine rings is 2. The molecule has 2 aliphatic rings. The van der Waals surface area contributed by atoms with E-state index < -0.39 is 0 Å². The van der Waals surface area contributed by atoms with E-state index in [1.165, 1.54) is 60.9 Å². The predicted octanol–water partition coefficient (Wildman–Crippen LogP) is 3.58. The van der Waals surface area contributed by atoms with Gasteiger partial charge in [0.05, 0.1) is 5.56 Å². The third kappa shape index (κ3) is 3.15. The number of rotatable bonds is 3. The van der Waals surface area contributed by atoms with Gasteiger partial charge in [-0.05, 0) is 78.6 Å². The highest BCUT2D eigenvalue weighted by Gasteiger charge is 2.28. The van der Waals surface area contributed by atoms with Crippen LogP contribution in [0.15, 0.2) is 24.5 Å². The first-order chi connectivity index (χ1) is 13.9. The normalized spacial score (nSPS) is 17.2. The standard InChI is InChI=1S/C21H25N7/c1-3-7-16-17(8-4-1)23-21(28-13-5-2-6-14-28)19(20-24-26-27-25-20)18(16)15-9-11-22-12-10-15/h9-12H,1-8,13-14H2,(H,24,25,26,27). The van der Waals surface area contributed by atoms with Gasteiger partial charge in [-0.25, -0.2) is 10.1 Å². The van der Waals surface area contributed by atoms with Crippen LogP contribution in [0.1, 0.15) is 49.8 Å². The molecular formula is C21H25N7.